The molecule has 0 heterocycles. The van der Waals surface area contributed by atoms with Gasteiger partial charge >= 0.3 is 0 Å². The van der Waals surface area contributed by atoms with Gasteiger partial charge in [0.15, 0.2) is 12.1 Å². The molecule has 0 bridgehead atoms. The van der Waals surface area contributed by atoms with Gasteiger partial charge in [0, 0.05) is 16.7 Å². The van der Waals surface area contributed by atoms with E-state index in [1.807, 2.05) is 0 Å². The zero-order valence-electron chi connectivity index (χ0n) is 7.76. The molecule has 0 fully saturated rings. The van der Waals surface area contributed by atoms with E-state index >= 15 is 0 Å². The number of carbonyl (C=O) groups is 2. The van der Waals surface area contributed by atoms with Crippen LogP contribution < -0.4 is 0 Å². The number of Topliss-reactive ketones (excluding diaryl/α,β-unsaturated/α-hetero) is 1. The second-order valence-corrected chi connectivity index (χ2v) is 3.31. The van der Waals surface area contributed by atoms with E-state index in [9.17, 15) is 18.4 Å². The molecule has 0 spiro atoms. The maximum absolute atomic E-state index is 12.6. The second-order valence-electron chi connectivity index (χ2n) is 2.90. The Morgan fingerprint density at radius 2 is 2.07 bits per heavy atom. The highest BCUT2D eigenvalue weighted by Gasteiger charge is 2.22. The van der Waals surface area contributed by atoms with Crippen molar-refractivity contribution >= 4 is 23.7 Å². The molecular weight excluding hydrogens is 226 g/mol. The summed E-state index contributed by atoms with van der Waals surface area (Å²) in [4.78, 5) is 21.7. The van der Waals surface area contributed by atoms with Crippen LogP contribution in [0.2, 0.25) is 5.02 Å². The summed E-state index contributed by atoms with van der Waals surface area (Å²) in [5, 5.41) is -0.208. The van der Waals surface area contributed by atoms with Gasteiger partial charge in [-0.25, -0.2) is 8.78 Å². The predicted molar refractivity (Wildman–Crippen MR) is 51.8 cm³/mol. The molecule has 0 N–H and O–H groups in total. The molecule has 0 unspecified atom stereocenters. The minimum atomic E-state index is -2.88. The Bertz CT molecular complexity index is 416. The van der Waals surface area contributed by atoms with Crippen LogP contribution in [0.4, 0.5) is 8.78 Å². The molecule has 5 heteroatoms. The lowest BCUT2D eigenvalue weighted by atomic mass is 9.99. The number of hydrogen-bond donors (Lipinski definition) is 0. The van der Waals surface area contributed by atoms with Gasteiger partial charge < -0.3 is 0 Å². The smallest absolute Gasteiger partial charge is 0.266 e. The lowest BCUT2D eigenvalue weighted by Crippen LogP contribution is -2.05. The minimum absolute atomic E-state index is 0.0674. The van der Waals surface area contributed by atoms with Gasteiger partial charge in [-0.1, -0.05) is 11.6 Å². The fourth-order valence-electron chi connectivity index (χ4n) is 1.32. The van der Waals surface area contributed by atoms with E-state index in [0.29, 0.717) is 6.29 Å². The highest BCUT2D eigenvalue weighted by molar-refractivity contribution is 6.32. The average Bonchev–Trinajstić information content (AvgIpc) is 2.16. The Morgan fingerprint density at radius 1 is 1.47 bits per heavy atom. The van der Waals surface area contributed by atoms with Gasteiger partial charge in [0.25, 0.3) is 6.43 Å². The molecule has 2 nitrogen and oxygen atoms in total. The summed E-state index contributed by atoms with van der Waals surface area (Å²) in [6.45, 7) is 1.12. The number of hydrogen-bond acceptors (Lipinski definition) is 2. The molecule has 15 heavy (non-hydrogen) atoms. The number of rotatable bonds is 3. The fourth-order valence-corrected chi connectivity index (χ4v) is 1.56. The third-order valence-corrected chi connectivity index (χ3v) is 2.25. The van der Waals surface area contributed by atoms with Crippen LogP contribution >= 0.6 is 11.6 Å². The Hall–Kier alpha value is -1.29. The Labute approximate surface area is 89.8 Å². The number of benzene rings is 1. The van der Waals surface area contributed by atoms with E-state index in [4.69, 9.17) is 11.6 Å². The van der Waals surface area contributed by atoms with Crippen LogP contribution in [-0.4, -0.2) is 12.1 Å². The van der Waals surface area contributed by atoms with E-state index in [0.717, 1.165) is 6.92 Å². The van der Waals surface area contributed by atoms with E-state index < -0.39 is 17.8 Å². The molecule has 0 aliphatic rings. The average molecular weight is 233 g/mol. The highest BCUT2D eigenvalue weighted by Crippen LogP contribution is 2.32. The highest BCUT2D eigenvalue weighted by atomic mass is 35.5. The SMILES string of the molecule is CC(=O)c1c(C=O)ccc(Cl)c1C(F)F. The molecule has 0 aliphatic carbocycles. The van der Waals surface area contributed by atoms with Crippen LogP contribution in [0.1, 0.15) is 39.6 Å². The third kappa shape index (κ3) is 2.21. The van der Waals surface area contributed by atoms with Crippen LogP contribution in [0.3, 0.4) is 0 Å². The van der Waals surface area contributed by atoms with Crippen LogP contribution in [0.25, 0.3) is 0 Å². The molecule has 0 aliphatic heterocycles. The predicted octanol–water partition coefficient (Wildman–Crippen LogP) is 3.29. The van der Waals surface area contributed by atoms with Gasteiger partial charge in [0.1, 0.15) is 0 Å². The summed E-state index contributed by atoms with van der Waals surface area (Å²) >= 11 is 5.55. The van der Waals surface area contributed by atoms with Crippen LogP contribution in [0, 0.1) is 0 Å². The van der Waals surface area contributed by atoms with Gasteiger partial charge in [0.2, 0.25) is 0 Å². The van der Waals surface area contributed by atoms with Crippen molar-refractivity contribution in [3.05, 3.63) is 33.8 Å². The molecule has 1 aromatic rings. The summed E-state index contributed by atoms with van der Waals surface area (Å²) in [7, 11) is 0. The van der Waals surface area contributed by atoms with E-state index in [-0.39, 0.29) is 16.1 Å². The quantitative estimate of drug-likeness (QED) is 0.592. The van der Waals surface area contributed by atoms with Crippen molar-refractivity contribution in [1.29, 1.82) is 0 Å². The molecule has 0 saturated carbocycles. The molecule has 1 rings (SSSR count). The Kier molecular flexibility index (Phi) is 3.52. The van der Waals surface area contributed by atoms with Gasteiger partial charge in [-0.15, -0.1) is 0 Å². The first-order chi connectivity index (χ1) is 6.99. The number of halogens is 3. The van der Waals surface area contributed by atoms with Crippen LogP contribution in [0.5, 0.6) is 0 Å². The van der Waals surface area contributed by atoms with Crippen molar-refractivity contribution in [2.75, 3.05) is 0 Å². The first-order valence-electron chi connectivity index (χ1n) is 4.05. The van der Waals surface area contributed by atoms with Gasteiger partial charge in [0.05, 0.1) is 5.02 Å². The largest absolute Gasteiger partial charge is 0.298 e. The maximum atomic E-state index is 12.6. The Balaban J connectivity index is 3.58. The van der Waals surface area contributed by atoms with Crippen molar-refractivity contribution in [3.8, 4) is 0 Å². The molecule has 0 atom stereocenters. The van der Waals surface area contributed by atoms with Crippen molar-refractivity contribution in [2.45, 2.75) is 13.3 Å². The molecule has 0 aromatic heterocycles. The van der Waals surface area contributed by atoms with E-state index in [1.54, 1.807) is 0 Å². The lowest BCUT2D eigenvalue weighted by molar-refractivity contribution is 0.0991. The van der Waals surface area contributed by atoms with Gasteiger partial charge in [-0.3, -0.25) is 9.59 Å². The van der Waals surface area contributed by atoms with Crippen molar-refractivity contribution in [3.63, 3.8) is 0 Å². The zero-order valence-corrected chi connectivity index (χ0v) is 8.52. The molecule has 1 aromatic carbocycles. The summed E-state index contributed by atoms with van der Waals surface area (Å²) in [5.74, 6) is -0.602. The number of carbonyl (C=O) groups excluding carboxylic acids is 2. The summed E-state index contributed by atoms with van der Waals surface area (Å²) in [6, 6.07) is 2.43. The second kappa shape index (κ2) is 4.49. The fraction of sp³-hybridized carbons (Fsp3) is 0.200. The monoisotopic (exact) mass is 232 g/mol. The number of aldehydes is 1. The van der Waals surface area contributed by atoms with Crippen LogP contribution in [-0.2, 0) is 0 Å². The van der Waals surface area contributed by atoms with Gasteiger partial charge in [-0.05, 0) is 19.1 Å². The van der Waals surface area contributed by atoms with E-state index in [2.05, 4.69) is 0 Å². The third-order valence-electron chi connectivity index (χ3n) is 1.92. The number of alkyl halides is 2. The molecule has 0 amide bonds. The zero-order chi connectivity index (χ0) is 11.6. The van der Waals surface area contributed by atoms with Crippen LogP contribution in [0.15, 0.2) is 12.1 Å². The van der Waals surface area contributed by atoms with Gasteiger partial charge in [-0.2, -0.15) is 0 Å². The first kappa shape index (κ1) is 11.8. The molecule has 0 saturated heterocycles. The standard InChI is InChI=1S/C10H7ClF2O2/c1-5(15)8-6(4-14)2-3-7(11)9(8)10(12)13/h2-4,10H,1H3. The maximum Gasteiger partial charge on any atom is 0.266 e. The Morgan fingerprint density at radius 3 is 2.47 bits per heavy atom. The minimum Gasteiger partial charge on any atom is -0.298 e. The van der Waals surface area contributed by atoms with E-state index in [1.165, 1.54) is 12.1 Å². The number of ketones is 1. The summed E-state index contributed by atoms with van der Waals surface area (Å²) < 4.78 is 25.2. The molecule has 0 radical (unpaired) electrons. The van der Waals surface area contributed by atoms with Crippen molar-refractivity contribution in [1.82, 2.24) is 0 Å². The van der Waals surface area contributed by atoms with Crippen molar-refractivity contribution in [2.24, 2.45) is 0 Å². The lowest BCUT2D eigenvalue weighted by Gasteiger charge is -2.10. The normalized spacial score (nSPS) is 10.5. The molecular formula is C10H7ClF2O2. The van der Waals surface area contributed by atoms with Crippen molar-refractivity contribution < 1.29 is 18.4 Å². The topological polar surface area (TPSA) is 34.1 Å². The molecule has 80 valence electrons. The summed E-state index contributed by atoms with van der Waals surface area (Å²) in [6.07, 6.45) is -2.52. The first-order valence-corrected chi connectivity index (χ1v) is 4.43. The summed E-state index contributed by atoms with van der Waals surface area (Å²) in [5.41, 5.74) is -0.941.